The molecule has 0 bridgehead atoms. The summed E-state index contributed by atoms with van der Waals surface area (Å²) in [6.45, 7) is -0.186. The Morgan fingerprint density at radius 2 is 1.90 bits per heavy atom. The molecule has 0 saturated heterocycles. The van der Waals surface area contributed by atoms with Crippen LogP contribution < -0.4 is 5.73 Å². The van der Waals surface area contributed by atoms with Crippen molar-refractivity contribution >= 4 is 39.9 Å². The van der Waals surface area contributed by atoms with Gasteiger partial charge in [-0.3, -0.25) is 4.57 Å². The van der Waals surface area contributed by atoms with Gasteiger partial charge >= 0.3 is 0 Å². The SMILES string of the molecule is Nc1ccc2c(c1)nc(CO)n2-c1ccc(Cl)c(Cl)c1. The van der Waals surface area contributed by atoms with E-state index in [-0.39, 0.29) is 6.61 Å². The van der Waals surface area contributed by atoms with E-state index in [2.05, 4.69) is 4.98 Å². The van der Waals surface area contributed by atoms with Gasteiger partial charge in [-0.05, 0) is 36.4 Å². The van der Waals surface area contributed by atoms with E-state index in [1.54, 1.807) is 24.3 Å². The van der Waals surface area contributed by atoms with Crippen molar-refractivity contribution in [2.75, 3.05) is 5.73 Å². The molecule has 0 fully saturated rings. The maximum Gasteiger partial charge on any atom is 0.140 e. The van der Waals surface area contributed by atoms with Crippen LogP contribution in [0.3, 0.4) is 0 Å². The van der Waals surface area contributed by atoms with Gasteiger partial charge in [0.15, 0.2) is 0 Å². The minimum absolute atomic E-state index is 0.186. The van der Waals surface area contributed by atoms with E-state index in [1.807, 2.05) is 16.7 Å². The van der Waals surface area contributed by atoms with Crippen LogP contribution >= 0.6 is 23.2 Å². The molecule has 0 spiro atoms. The molecule has 102 valence electrons. The maximum absolute atomic E-state index is 9.50. The third kappa shape index (κ3) is 2.12. The number of aliphatic hydroxyl groups excluding tert-OH is 1. The quantitative estimate of drug-likeness (QED) is 0.713. The Morgan fingerprint density at radius 1 is 1.10 bits per heavy atom. The molecule has 2 aromatic carbocycles. The van der Waals surface area contributed by atoms with Crippen molar-refractivity contribution in [1.82, 2.24) is 9.55 Å². The van der Waals surface area contributed by atoms with Gasteiger partial charge in [0, 0.05) is 11.4 Å². The van der Waals surface area contributed by atoms with E-state index in [0.717, 1.165) is 16.7 Å². The lowest BCUT2D eigenvalue weighted by Gasteiger charge is -2.09. The van der Waals surface area contributed by atoms with E-state index in [9.17, 15) is 5.11 Å². The first-order valence-corrected chi connectivity index (χ1v) is 6.69. The number of nitrogens with zero attached hydrogens (tertiary/aromatic N) is 2. The molecule has 0 unspecified atom stereocenters. The first-order valence-electron chi connectivity index (χ1n) is 5.93. The van der Waals surface area contributed by atoms with Gasteiger partial charge in [-0.2, -0.15) is 0 Å². The van der Waals surface area contributed by atoms with Crippen LogP contribution in [0.2, 0.25) is 10.0 Å². The summed E-state index contributed by atoms with van der Waals surface area (Å²) < 4.78 is 1.83. The zero-order chi connectivity index (χ0) is 14.3. The normalized spacial score (nSPS) is 11.2. The average molecular weight is 308 g/mol. The summed E-state index contributed by atoms with van der Waals surface area (Å²) in [5, 5.41) is 10.4. The summed E-state index contributed by atoms with van der Waals surface area (Å²) in [6, 6.07) is 10.7. The minimum Gasteiger partial charge on any atom is -0.399 e. The Hall–Kier alpha value is -1.75. The van der Waals surface area contributed by atoms with Crippen molar-refractivity contribution in [3.05, 3.63) is 52.3 Å². The van der Waals surface area contributed by atoms with Crippen LogP contribution in [0.5, 0.6) is 0 Å². The molecule has 0 saturated carbocycles. The number of aromatic nitrogens is 2. The molecule has 4 nitrogen and oxygen atoms in total. The molecule has 3 rings (SSSR count). The van der Waals surface area contributed by atoms with Gasteiger partial charge in [-0.1, -0.05) is 23.2 Å². The summed E-state index contributed by atoms with van der Waals surface area (Å²) >= 11 is 12.0. The van der Waals surface area contributed by atoms with Gasteiger partial charge in [0.05, 0.1) is 21.1 Å². The van der Waals surface area contributed by atoms with Crippen molar-refractivity contribution in [2.45, 2.75) is 6.61 Å². The summed E-state index contributed by atoms with van der Waals surface area (Å²) in [5.74, 6) is 0.518. The smallest absolute Gasteiger partial charge is 0.140 e. The maximum atomic E-state index is 9.50. The molecule has 6 heteroatoms. The van der Waals surface area contributed by atoms with Crippen molar-refractivity contribution in [2.24, 2.45) is 0 Å². The number of nitrogens with two attached hydrogens (primary N) is 1. The van der Waals surface area contributed by atoms with Crippen LogP contribution in [-0.4, -0.2) is 14.7 Å². The van der Waals surface area contributed by atoms with Gasteiger partial charge in [-0.15, -0.1) is 0 Å². The van der Waals surface area contributed by atoms with E-state index >= 15 is 0 Å². The van der Waals surface area contributed by atoms with Gasteiger partial charge in [0.2, 0.25) is 0 Å². The van der Waals surface area contributed by atoms with E-state index in [0.29, 0.717) is 21.6 Å². The summed E-state index contributed by atoms with van der Waals surface area (Å²) in [7, 11) is 0. The first-order chi connectivity index (χ1) is 9.60. The third-order valence-electron chi connectivity index (χ3n) is 3.05. The Balaban J connectivity index is 2.30. The molecule has 3 N–H and O–H groups in total. The van der Waals surface area contributed by atoms with Crippen molar-refractivity contribution in [3.8, 4) is 5.69 Å². The summed E-state index contributed by atoms with van der Waals surface area (Å²) in [5.41, 5.74) is 8.74. The number of imidazole rings is 1. The largest absolute Gasteiger partial charge is 0.399 e. The monoisotopic (exact) mass is 307 g/mol. The number of nitrogen functional groups attached to an aromatic ring is 1. The molecule has 1 aromatic heterocycles. The number of fused-ring (bicyclic) bond motifs is 1. The Labute approximate surface area is 125 Å². The molecule has 0 aliphatic carbocycles. The highest BCUT2D eigenvalue weighted by molar-refractivity contribution is 6.42. The van der Waals surface area contributed by atoms with Gasteiger partial charge in [0.1, 0.15) is 12.4 Å². The summed E-state index contributed by atoms with van der Waals surface area (Å²) in [6.07, 6.45) is 0. The highest BCUT2D eigenvalue weighted by Crippen LogP contribution is 2.28. The van der Waals surface area contributed by atoms with Gasteiger partial charge in [0.25, 0.3) is 0 Å². The first kappa shape index (κ1) is 13.2. The van der Waals surface area contributed by atoms with Crippen molar-refractivity contribution < 1.29 is 5.11 Å². The predicted molar refractivity (Wildman–Crippen MR) is 81.4 cm³/mol. The number of aliphatic hydroxyl groups is 1. The molecular weight excluding hydrogens is 297 g/mol. The molecule has 0 atom stereocenters. The molecule has 0 aliphatic heterocycles. The zero-order valence-electron chi connectivity index (χ0n) is 10.3. The lowest BCUT2D eigenvalue weighted by molar-refractivity contribution is 0.270. The number of hydrogen-bond acceptors (Lipinski definition) is 3. The minimum atomic E-state index is -0.186. The average Bonchev–Trinajstić information content (AvgIpc) is 2.79. The van der Waals surface area contributed by atoms with Gasteiger partial charge in [-0.25, -0.2) is 4.98 Å². The standard InChI is InChI=1S/C14H11Cl2N3O/c15-10-3-2-9(6-11(10)16)19-13-4-1-8(17)5-12(13)18-14(19)7-20/h1-6,20H,7,17H2. The van der Waals surface area contributed by atoms with Crippen LogP contribution in [0.1, 0.15) is 5.82 Å². The number of hydrogen-bond donors (Lipinski definition) is 2. The van der Waals surface area contributed by atoms with Crippen molar-refractivity contribution in [3.63, 3.8) is 0 Å². The summed E-state index contributed by atoms with van der Waals surface area (Å²) in [4.78, 5) is 4.38. The molecule has 0 radical (unpaired) electrons. The Morgan fingerprint density at radius 3 is 2.60 bits per heavy atom. The number of rotatable bonds is 2. The second-order valence-corrected chi connectivity index (χ2v) is 5.18. The van der Waals surface area contributed by atoms with Crippen molar-refractivity contribution in [1.29, 1.82) is 0 Å². The van der Waals surface area contributed by atoms with Crippen LogP contribution in [0, 0.1) is 0 Å². The third-order valence-corrected chi connectivity index (χ3v) is 3.79. The fraction of sp³-hybridized carbons (Fsp3) is 0.0714. The fourth-order valence-electron chi connectivity index (χ4n) is 2.17. The highest BCUT2D eigenvalue weighted by Gasteiger charge is 2.12. The topological polar surface area (TPSA) is 64.1 Å². The fourth-order valence-corrected chi connectivity index (χ4v) is 2.46. The Bertz CT molecular complexity index is 798. The highest BCUT2D eigenvalue weighted by atomic mass is 35.5. The lowest BCUT2D eigenvalue weighted by atomic mass is 10.2. The second kappa shape index (κ2) is 4.98. The number of halogens is 2. The van der Waals surface area contributed by atoms with Crippen LogP contribution in [0.15, 0.2) is 36.4 Å². The lowest BCUT2D eigenvalue weighted by Crippen LogP contribution is -2.01. The molecule has 0 aliphatic rings. The molecule has 20 heavy (non-hydrogen) atoms. The molecule has 0 amide bonds. The number of anilines is 1. The van der Waals surface area contributed by atoms with E-state index in [1.165, 1.54) is 0 Å². The second-order valence-electron chi connectivity index (χ2n) is 4.37. The van der Waals surface area contributed by atoms with E-state index < -0.39 is 0 Å². The number of benzene rings is 2. The zero-order valence-corrected chi connectivity index (χ0v) is 11.9. The Kier molecular flexibility index (Phi) is 3.30. The van der Waals surface area contributed by atoms with Gasteiger partial charge < -0.3 is 10.8 Å². The molecular formula is C14H11Cl2N3O. The van der Waals surface area contributed by atoms with Crippen LogP contribution in [0.4, 0.5) is 5.69 Å². The van der Waals surface area contributed by atoms with E-state index in [4.69, 9.17) is 28.9 Å². The van der Waals surface area contributed by atoms with Crippen LogP contribution in [0.25, 0.3) is 16.7 Å². The van der Waals surface area contributed by atoms with Crippen LogP contribution in [-0.2, 0) is 6.61 Å². The molecule has 3 aromatic rings. The predicted octanol–water partition coefficient (Wildman–Crippen LogP) is 3.41. The molecule has 1 heterocycles.